The predicted octanol–water partition coefficient (Wildman–Crippen LogP) is 5.01. The fourth-order valence-electron chi connectivity index (χ4n) is 6.63. The first-order valence-corrected chi connectivity index (χ1v) is 17.1. The van der Waals surface area contributed by atoms with Gasteiger partial charge in [-0.25, -0.2) is 18.8 Å². The molecule has 3 aromatic rings. The van der Waals surface area contributed by atoms with E-state index in [0.717, 1.165) is 30.0 Å². The molecule has 1 saturated heterocycles. The molecule has 0 bridgehead atoms. The molecular formula is C36H45FN6O6. The molecule has 1 aromatic heterocycles. The Labute approximate surface area is 284 Å². The van der Waals surface area contributed by atoms with Crippen molar-refractivity contribution in [3.63, 3.8) is 0 Å². The SMILES string of the molecule is CC(C)n1c(=O)n(CC2CC2)c(=O)c2cc(NC(=O)N3CCCC(NC(=O)c4ccc5c(c4)CCN(C(=O)OC(C)(C)C)C5)C3)c(F)cc21. The van der Waals surface area contributed by atoms with Gasteiger partial charge in [-0.15, -0.1) is 0 Å². The number of anilines is 1. The van der Waals surface area contributed by atoms with Crippen LogP contribution in [0.1, 0.15) is 87.8 Å². The van der Waals surface area contributed by atoms with Crippen molar-refractivity contribution in [2.24, 2.45) is 5.92 Å². The summed E-state index contributed by atoms with van der Waals surface area (Å²) in [4.78, 5) is 69.0. The fourth-order valence-corrected chi connectivity index (χ4v) is 6.63. The number of amides is 4. The van der Waals surface area contributed by atoms with E-state index in [-0.39, 0.29) is 53.1 Å². The van der Waals surface area contributed by atoms with Crippen LogP contribution in [0.15, 0.2) is 39.9 Å². The molecule has 0 radical (unpaired) electrons. The van der Waals surface area contributed by atoms with E-state index >= 15 is 4.39 Å². The molecule has 12 nitrogen and oxygen atoms in total. The summed E-state index contributed by atoms with van der Waals surface area (Å²) >= 11 is 0. The molecule has 2 aromatic carbocycles. The summed E-state index contributed by atoms with van der Waals surface area (Å²) in [5.74, 6) is -0.735. The Morgan fingerprint density at radius 2 is 1.76 bits per heavy atom. The summed E-state index contributed by atoms with van der Waals surface area (Å²) in [6, 6.07) is 6.74. The van der Waals surface area contributed by atoms with Crippen LogP contribution in [0.5, 0.6) is 0 Å². The van der Waals surface area contributed by atoms with Crippen LogP contribution in [0.4, 0.5) is 19.7 Å². The Balaban J connectivity index is 1.12. The number of fused-ring (bicyclic) bond motifs is 2. The van der Waals surface area contributed by atoms with Crippen LogP contribution in [0.3, 0.4) is 0 Å². The Morgan fingerprint density at radius 3 is 2.45 bits per heavy atom. The molecule has 4 amide bonds. The second-order valence-corrected chi connectivity index (χ2v) is 14.8. The normalized spacial score (nSPS) is 18.0. The Kier molecular flexibility index (Phi) is 9.29. The molecule has 2 fully saturated rings. The molecule has 1 aliphatic carbocycles. The number of likely N-dealkylation sites (tertiary alicyclic amines) is 1. The van der Waals surface area contributed by atoms with Gasteiger partial charge in [-0.3, -0.25) is 18.7 Å². The fraction of sp³-hybridized carbons (Fsp3) is 0.528. The summed E-state index contributed by atoms with van der Waals surface area (Å²) in [5.41, 5.74) is 0.963. The van der Waals surface area contributed by atoms with Gasteiger partial charge in [-0.2, -0.15) is 0 Å². The minimum atomic E-state index is -0.752. The largest absolute Gasteiger partial charge is 0.444 e. The van der Waals surface area contributed by atoms with Crippen molar-refractivity contribution in [3.8, 4) is 0 Å². The van der Waals surface area contributed by atoms with Crippen LogP contribution < -0.4 is 21.9 Å². The predicted molar refractivity (Wildman–Crippen MR) is 183 cm³/mol. The molecule has 262 valence electrons. The standard InChI is InChI=1S/C36H45FN6O6/c1-21(2)43-30-17-28(37)29(16-27(30)32(45)42(34(43)47)18-22-8-9-22)39-33(46)40-13-6-7-26(20-40)38-31(44)24-10-11-25-19-41(14-12-23(25)15-24)35(48)49-36(3,4)5/h10-11,15-17,21-22,26H,6-9,12-14,18-20H2,1-5H3,(H,38,44)(H,39,46). The summed E-state index contributed by atoms with van der Waals surface area (Å²) in [5, 5.41) is 5.83. The van der Waals surface area contributed by atoms with Crippen molar-refractivity contribution >= 4 is 34.6 Å². The lowest BCUT2D eigenvalue weighted by Gasteiger charge is -2.33. The molecule has 1 saturated carbocycles. The number of aromatic nitrogens is 2. The molecule has 0 spiro atoms. The van der Waals surface area contributed by atoms with Crippen molar-refractivity contribution in [3.05, 3.63) is 73.7 Å². The van der Waals surface area contributed by atoms with Crippen molar-refractivity contribution in [2.45, 2.75) is 97.5 Å². The number of hydrogen-bond acceptors (Lipinski definition) is 6. The average molecular weight is 677 g/mol. The van der Waals surface area contributed by atoms with Gasteiger partial charge in [0.2, 0.25) is 0 Å². The number of carbonyl (C=O) groups is 3. The van der Waals surface area contributed by atoms with Crippen LogP contribution in [-0.2, 0) is 24.2 Å². The molecule has 3 aliphatic rings. The molecule has 13 heteroatoms. The number of benzene rings is 2. The number of carbonyl (C=O) groups excluding carboxylic acids is 3. The van der Waals surface area contributed by atoms with Crippen LogP contribution in [0, 0.1) is 11.7 Å². The summed E-state index contributed by atoms with van der Waals surface area (Å²) < 4.78 is 23.6. The lowest BCUT2D eigenvalue weighted by molar-refractivity contribution is 0.0223. The highest BCUT2D eigenvalue weighted by molar-refractivity contribution is 5.95. The zero-order chi connectivity index (χ0) is 35.2. The summed E-state index contributed by atoms with van der Waals surface area (Å²) in [7, 11) is 0. The summed E-state index contributed by atoms with van der Waals surface area (Å²) in [6.07, 6.45) is 3.45. The lowest BCUT2D eigenvalue weighted by atomic mass is 9.97. The zero-order valence-corrected chi connectivity index (χ0v) is 28.8. The Hall–Kier alpha value is -4.68. The van der Waals surface area contributed by atoms with Crippen molar-refractivity contribution in [1.29, 1.82) is 0 Å². The second kappa shape index (κ2) is 13.3. The third kappa shape index (κ3) is 7.50. The van der Waals surface area contributed by atoms with Crippen LogP contribution in [0.2, 0.25) is 0 Å². The van der Waals surface area contributed by atoms with E-state index in [1.54, 1.807) is 24.8 Å². The van der Waals surface area contributed by atoms with E-state index in [1.807, 2.05) is 32.9 Å². The lowest BCUT2D eigenvalue weighted by Crippen LogP contribution is -2.50. The first-order valence-electron chi connectivity index (χ1n) is 17.1. The second-order valence-electron chi connectivity index (χ2n) is 14.8. The number of hydrogen-bond donors (Lipinski definition) is 2. The highest BCUT2D eigenvalue weighted by Crippen LogP contribution is 2.30. The van der Waals surface area contributed by atoms with Crippen LogP contribution in [0.25, 0.3) is 10.9 Å². The topological polar surface area (TPSA) is 135 Å². The third-order valence-corrected chi connectivity index (χ3v) is 9.33. The molecule has 1 unspecified atom stereocenters. The minimum absolute atomic E-state index is 0.146. The first kappa shape index (κ1) is 34.2. The molecule has 3 heterocycles. The Bertz CT molecular complexity index is 1920. The molecule has 6 rings (SSSR count). The average Bonchev–Trinajstić information content (AvgIpc) is 3.87. The quantitative estimate of drug-likeness (QED) is 0.377. The Morgan fingerprint density at radius 1 is 1.00 bits per heavy atom. The number of rotatable bonds is 6. The maximum atomic E-state index is 15.4. The van der Waals surface area contributed by atoms with Gasteiger partial charge in [0.05, 0.1) is 16.6 Å². The highest BCUT2D eigenvalue weighted by Gasteiger charge is 2.29. The van der Waals surface area contributed by atoms with E-state index < -0.39 is 28.7 Å². The van der Waals surface area contributed by atoms with Crippen molar-refractivity contribution < 1.29 is 23.5 Å². The van der Waals surface area contributed by atoms with Crippen LogP contribution in [-0.4, -0.2) is 68.2 Å². The van der Waals surface area contributed by atoms with Gasteiger partial charge >= 0.3 is 17.8 Å². The van der Waals surface area contributed by atoms with Gasteiger partial charge in [0, 0.05) is 56.4 Å². The number of nitrogens with zero attached hydrogens (tertiary/aromatic N) is 4. The third-order valence-electron chi connectivity index (χ3n) is 9.33. The van der Waals surface area contributed by atoms with Gasteiger partial charge < -0.3 is 25.2 Å². The molecule has 2 aliphatic heterocycles. The molecule has 1 atom stereocenters. The van der Waals surface area contributed by atoms with E-state index in [9.17, 15) is 24.0 Å². The number of halogens is 1. The van der Waals surface area contributed by atoms with E-state index in [1.165, 1.54) is 20.1 Å². The molecular weight excluding hydrogens is 631 g/mol. The minimum Gasteiger partial charge on any atom is -0.444 e. The number of nitrogens with one attached hydrogen (secondary N) is 2. The van der Waals surface area contributed by atoms with Gasteiger partial charge in [-0.1, -0.05) is 6.07 Å². The van der Waals surface area contributed by atoms with E-state index in [4.69, 9.17) is 4.74 Å². The number of piperidine rings is 1. The highest BCUT2D eigenvalue weighted by atomic mass is 19.1. The van der Waals surface area contributed by atoms with Gasteiger partial charge in [-0.05, 0) is 102 Å². The van der Waals surface area contributed by atoms with Crippen LogP contribution >= 0.6 is 0 Å². The van der Waals surface area contributed by atoms with E-state index in [2.05, 4.69) is 10.6 Å². The first-order chi connectivity index (χ1) is 23.2. The maximum absolute atomic E-state index is 15.4. The van der Waals surface area contributed by atoms with E-state index in [0.29, 0.717) is 51.0 Å². The smallest absolute Gasteiger partial charge is 0.410 e. The van der Waals surface area contributed by atoms with Crippen molar-refractivity contribution in [2.75, 3.05) is 25.0 Å². The maximum Gasteiger partial charge on any atom is 0.410 e. The zero-order valence-electron chi connectivity index (χ0n) is 28.8. The van der Waals surface area contributed by atoms with Gasteiger partial charge in [0.1, 0.15) is 11.4 Å². The summed E-state index contributed by atoms with van der Waals surface area (Å²) in [6.45, 7) is 11.0. The molecule has 2 N–H and O–H groups in total. The van der Waals surface area contributed by atoms with Gasteiger partial charge in [0.25, 0.3) is 11.5 Å². The molecule has 49 heavy (non-hydrogen) atoms. The number of ether oxygens (including phenoxy) is 1. The van der Waals surface area contributed by atoms with Crippen molar-refractivity contribution in [1.82, 2.24) is 24.3 Å². The monoisotopic (exact) mass is 676 g/mol. The number of urea groups is 1. The van der Waals surface area contributed by atoms with Gasteiger partial charge in [0.15, 0.2) is 0 Å².